The predicted molar refractivity (Wildman–Crippen MR) is 85.3 cm³/mol. The smallest absolute Gasteiger partial charge is 0.0383 e. The van der Waals surface area contributed by atoms with Crippen molar-refractivity contribution in [3.63, 3.8) is 0 Å². The lowest BCUT2D eigenvalue weighted by atomic mass is 9.68. The van der Waals surface area contributed by atoms with E-state index in [1.54, 1.807) is 32.1 Å². The molecule has 0 aromatic carbocycles. The van der Waals surface area contributed by atoms with Crippen LogP contribution in [0, 0.1) is 23.7 Å². The summed E-state index contributed by atoms with van der Waals surface area (Å²) in [4.78, 5) is 0. The summed E-state index contributed by atoms with van der Waals surface area (Å²) in [5.41, 5.74) is 0. The molecule has 112 valence electrons. The van der Waals surface area contributed by atoms with Crippen LogP contribution in [-0.4, -0.2) is 0 Å². The van der Waals surface area contributed by atoms with Gasteiger partial charge >= 0.3 is 0 Å². The molecule has 0 heterocycles. The minimum absolute atomic E-state index is 1.07. The maximum atomic E-state index is 2.38. The van der Waals surface area contributed by atoms with Crippen molar-refractivity contribution in [2.45, 2.75) is 97.3 Å². The van der Waals surface area contributed by atoms with E-state index in [0.717, 1.165) is 23.7 Å². The highest BCUT2D eigenvalue weighted by Gasteiger charge is 2.30. The zero-order valence-electron chi connectivity index (χ0n) is 13.5. The fourth-order valence-electron chi connectivity index (χ4n) is 4.77. The Balaban J connectivity index is 1.71. The van der Waals surface area contributed by atoms with E-state index in [2.05, 4.69) is 13.8 Å². The Morgan fingerprint density at radius 1 is 0.737 bits per heavy atom. The minimum Gasteiger partial charge on any atom is -0.0654 e. The first kappa shape index (κ1) is 15.4. The topological polar surface area (TPSA) is 0 Å². The second-order valence-electron chi connectivity index (χ2n) is 7.48. The van der Waals surface area contributed by atoms with Crippen molar-refractivity contribution >= 4 is 0 Å². The summed E-state index contributed by atoms with van der Waals surface area (Å²) >= 11 is 0. The van der Waals surface area contributed by atoms with E-state index in [1.807, 2.05) is 0 Å². The van der Waals surface area contributed by atoms with Crippen LogP contribution in [0.1, 0.15) is 97.3 Å². The van der Waals surface area contributed by atoms with Gasteiger partial charge in [-0.2, -0.15) is 0 Å². The molecule has 0 aliphatic heterocycles. The highest BCUT2D eigenvalue weighted by atomic mass is 14.4. The molecule has 2 rings (SSSR count). The Morgan fingerprint density at radius 3 is 2.21 bits per heavy atom. The van der Waals surface area contributed by atoms with Gasteiger partial charge in [-0.25, -0.2) is 0 Å². The SMILES string of the molecule is CCCCCC1CCCC(C2CCC(CC)CC2)C1. The molecule has 0 radical (unpaired) electrons. The van der Waals surface area contributed by atoms with Crippen molar-refractivity contribution in [2.75, 3.05) is 0 Å². The van der Waals surface area contributed by atoms with Gasteiger partial charge in [0.2, 0.25) is 0 Å². The van der Waals surface area contributed by atoms with Crippen LogP contribution < -0.4 is 0 Å². The summed E-state index contributed by atoms with van der Waals surface area (Å²) in [5.74, 6) is 4.38. The monoisotopic (exact) mass is 264 g/mol. The molecule has 0 heteroatoms. The summed E-state index contributed by atoms with van der Waals surface area (Å²) in [6.45, 7) is 4.71. The quantitative estimate of drug-likeness (QED) is 0.475. The van der Waals surface area contributed by atoms with E-state index < -0.39 is 0 Å². The third-order valence-corrected chi connectivity index (χ3v) is 6.17. The van der Waals surface area contributed by atoms with E-state index >= 15 is 0 Å². The lowest BCUT2D eigenvalue weighted by Crippen LogP contribution is -2.26. The molecular formula is C19H36. The number of hydrogen-bond donors (Lipinski definition) is 0. The van der Waals surface area contributed by atoms with Gasteiger partial charge in [0.1, 0.15) is 0 Å². The lowest BCUT2D eigenvalue weighted by molar-refractivity contribution is 0.134. The van der Waals surface area contributed by atoms with Crippen LogP contribution in [0.5, 0.6) is 0 Å². The fourth-order valence-corrected chi connectivity index (χ4v) is 4.77. The van der Waals surface area contributed by atoms with Gasteiger partial charge in [-0.1, -0.05) is 78.1 Å². The first-order chi connectivity index (χ1) is 9.33. The predicted octanol–water partition coefficient (Wildman–Crippen LogP) is 6.59. The maximum Gasteiger partial charge on any atom is -0.0383 e. The minimum atomic E-state index is 1.07. The van der Waals surface area contributed by atoms with Crippen molar-refractivity contribution in [1.29, 1.82) is 0 Å². The van der Waals surface area contributed by atoms with Gasteiger partial charge < -0.3 is 0 Å². The molecule has 0 spiro atoms. The molecule has 2 aliphatic rings. The molecule has 2 saturated carbocycles. The molecule has 0 aromatic heterocycles. The Morgan fingerprint density at radius 2 is 1.53 bits per heavy atom. The summed E-state index contributed by atoms with van der Waals surface area (Å²) < 4.78 is 0. The molecule has 0 nitrogen and oxygen atoms in total. The van der Waals surface area contributed by atoms with Crippen molar-refractivity contribution in [3.05, 3.63) is 0 Å². The Bertz CT molecular complexity index is 224. The van der Waals surface area contributed by atoms with Gasteiger partial charge in [0.25, 0.3) is 0 Å². The number of unbranched alkanes of at least 4 members (excludes halogenated alkanes) is 2. The molecule has 2 fully saturated rings. The molecule has 2 unspecified atom stereocenters. The second-order valence-corrected chi connectivity index (χ2v) is 7.48. The van der Waals surface area contributed by atoms with E-state index in [-0.39, 0.29) is 0 Å². The highest BCUT2D eigenvalue weighted by Crippen LogP contribution is 2.43. The van der Waals surface area contributed by atoms with Crippen molar-refractivity contribution < 1.29 is 0 Å². The van der Waals surface area contributed by atoms with Crippen molar-refractivity contribution in [1.82, 2.24) is 0 Å². The molecule has 0 saturated heterocycles. The number of hydrogen-bond acceptors (Lipinski definition) is 0. The number of rotatable bonds is 6. The third-order valence-electron chi connectivity index (χ3n) is 6.17. The molecule has 0 bridgehead atoms. The molecule has 2 atom stereocenters. The van der Waals surface area contributed by atoms with E-state index in [1.165, 1.54) is 51.4 Å². The van der Waals surface area contributed by atoms with E-state index in [0.29, 0.717) is 0 Å². The molecule has 2 aliphatic carbocycles. The first-order valence-electron chi connectivity index (χ1n) is 9.33. The standard InChI is InChI=1S/C19H36/c1-3-5-6-8-17-9-7-10-19(15-17)18-13-11-16(4-2)12-14-18/h16-19H,3-15H2,1-2H3. The van der Waals surface area contributed by atoms with Crippen molar-refractivity contribution in [2.24, 2.45) is 23.7 Å². The lowest BCUT2D eigenvalue weighted by Gasteiger charge is -2.38. The Hall–Kier alpha value is 0. The largest absolute Gasteiger partial charge is 0.0654 e. The van der Waals surface area contributed by atoms with Gasteiger partial charge in [-0.3, -0.25) is 0 Å². The van der Waals surface area contributed by atoms with Gasteiger partial charge in [0.15, 0.2) is 0 Å². The van der Waals surface area contributed by atoms with Crippen LogP contribution >= 0.6 is 0 Å². The van der Waals surface area contributed by atoms with E-state index in [9.17, 15) is 0 Å². The van der Waals surface area contributed by atoms with E-state index in [4.69, 9.17) is 0 Å². The Labute approximate surface area is 121 Å². The fraction of sp³-hybridized carbons (Fsp3) is 1.00. The van der Waals surface area contributed by atoms with Gasteiger partial charge in [0.05, 0.1) is 0 Å². The average molecular weight is 264 g/mol. The average Bonchev–Trinajstić information content (AvgIpc) is 2.48. The molecular weight excluding hydrogens is 228 g/mol. The Kier molecular flexibility index (Phi) is 6.74. The maximum absolute atomic E-state index is 2.38. The van der Waals surface area contributed by atoms with Gasteiger partial charge in [-0.05, 0) is 42.9 Å². The van der Waals surface area contributed by atoms with Gasteiger partial charge in [0, 0.05) is 0 Å². The zero-order chi connectivity index (χ0) is 13.5. The van der Waals surface area contributed by atoms with Crippen LogP contribution in [0.2, 0.25) is 0 Å². The molecule has 19 heavy (non-hydrogen) atoms. The van der Waals surface area contributed by atoms with Crippen LogP contribution in [0.3, 0.4) is 0 Å². The van der Waals surface area contributed by atoms with Crippen LogP contribution in [0.4, 0.5) is 0 Å². The molecule has 0 aromatic rings. The normalized spacial score (nSPS) is 36.3. The summed E-state index contributed by atoms with van der Waals surface area (Å²) in [6, 6.07) is 0. The van der Waals surface area contributed by atoms with Crippen molar-refractivity contribution in [3.8, 4) is 0 Å². The zero-order valence-corrected chi connectivity index (χ0v) is 13.5. The molecule has 0 amide bonds. The summed E-state index contributed by atoms with van der Waals surface area (Å²) in [5, 5.41) is 0. The summed E-state index contributed by atoms with van der Waals surface area (Å²) in [6.07, 6.45) is 19.7. The van der Waals surface area contributed by atoms with Crippen LogP contribution in [0.15, 0.2) is 0 Å². The van der Waals surface area contributed by atoms with Gasteiger partial charge in [-0.15, -0.1) is 0 Å². The first-order valence-corrected chi connectivity index (χ1v) is 9.33. The van der Waals surface area contributed by atoms with Crippen LogP contribution in [-0.2, 0) is 0 Å². The highest BCUT2D eigenvalue weighted by molar-refractivity contribution is 4.82. The second kappa shape index (κ2) is 8.32. The summed E-state index contributed by atoms with van der Waals surface area (Å²) in [7, 11) is 0. The third kappa shape index (κ3) is 4.80. The van der Waals surface area contributed by atoms with Crippen LogP contribution in [0.25, 0.3) is 0 Å². The molecule has 0 N–H and O–H groups in total.